The normalized spacial score (nSPS) is 34.8. The first-order valence-electron chi connectivity index (χ1n) is 7.33. The third-order valence-electron chi connectivity index (χ3n) is 5.19. The highest BCUT2D eigenvalue weighted by Crippen LogP contribution is 2.44. The number of piperidine rings is 1. The molecule has 1 aliphatic carbocycles. The maximum atomic E-state index is 9.20. The van der Waals surface area contributed by atoms with Crippen molar-refractivity contribution in [2.75, 3.05) is 26.3 Å². The lowest BCUT2D eigenvalue weighted by atomic mass is 9.88. The van der Waals surface area contributed by atoms with Crippen molar-refractivity contribution in [3.8, 4) is 0 Å². The van der Waals surface area contributed by atoms with E-state index in [4.69, 9.17) is 4.74 Å². The number of likely N-dealkylation sites (tertiary alicyclic amines) is 1. The van der Waals surface area contributed by atoms with Crippen LogP contribution in [-0.4, -0.2) is 48.0 Å². The van der Waals surface area contributed by atoms with E-state index >= 15 is 0 Å². The van der Waals surface area contributed by atoms with Crippen LogP contribution in [0, 0.1) is 5.92 Å². The highest BCUT2D eigenvalue weighted by molar-refractivity contribution is 5.02. The lowest BCUT2D eigenvalue weighted by Crippen LogP contribution is -2.51. The minimum atomic E-state index is 0.214. The first kappa shape index (κ1) is 11.9. The number of aliphatic hydroxyl groups is 1. The molecule has 0 aromatic heterocycles. The van der Waals surface area contributed by atoms with Crippen LogP contribution in [0.2, 0.25) is 0 Å². The van der Waals surface area contributed by atoms with Gasteiger partial charge < -0.3 is 9.84 Å². The van der Waals surface area contributed by atoms with Gasteiger partial charge in [-0.25, -0.2) is 0 Å². The summed E-state index contributed by atoms with van der Waals surface area (Å²) in [4.78, 5) is 2.66. The van der Waals surface area contributed by atoms with Crippen molar-refractivity contribution >= 4 is 0 Å². The monoisotopic (exact) mass is 239 g/mol. The molecule has 0 radical (unpaired) electrons. The lowest BCUT2D eigenvalue weighted by Gasteiger charge is -2.42. The summed E-state index contributed by atoms with van der Waals surface area (Å²) in [5, 5.41) is 9.20. The molecule has 1 spiro atoms. The fraction of sp³-hybridized carbons (Fsp3) is 1.00. The Morgan fingerprint density at radius 2 is 1.82 bits per heavy atom. The van der Waals surface area contributed by atoms with E-state index in [9.17, 15) is 5.11 Å². The lowest BCUT2D eigenvalue weighted by molar-refractivity contribution is -0.0426. The zero-order chi connectivity index (χ0) is 11.7. The van der Waals surface area contributed by atoms with Crippen LogP contribution in [-0.2, 0) is 4.74 Å². The van der Waals surface area contributed by atoms with Gasteiger partial charge in [-0.15, -0.1) is 0 Å². The highest BCUT2D eigenvalue weighted by atomic mass is 16.5. The van der Waals surface area contributed by atoms with Gasteiger partial charge in [0.05, 0.1) is 5.60 Å². The van der Waals surface area contributed by atoms with Crippen LogP contribution in [0.1, 0.15) is 44.9 Å². The molecule has 3 rings (SSSR count). The molecule has 3 nitrogen and oxygen atoms in total. The zero-order valence-electron chi connectivity index (χ0n) is 10.7. The van der Waals surface area contributed by atoms with Crippen LogP contribution in [0.25, 0.3) is 0 Å². The van der Waals surface area contributed by atoms with Crippen LogP contribution in [0.15, 0.2) is 0 Å². The Kier molecular flexibility index (Phi) is 3.42. The van der Waals surface area contributed by atoms with Gasteiger partial charge in [0.15, 0.2) is 0 Å². The minimum Gasteiger partial charge on any atom is -0.396 e. The Hall–Kier alpha value is -0.120. The molecule has 2 saturated heterocycles. The highest BCUT2D eigenvalue weighted by Gasteiger charge is 2.48. The summed E-state index contributed by atoms with van der Waals surface area (Å²) in [7, 11) is 0. The Morgan fingerprint density at radius 3 is 2.47 bits per heavy atom. The maximum Gasteiger partial charge on any atom is 0.0837 e. The number of aliphatic hydroxyl groups excluding tert-OH is 1. The molecule has 2 aliphatic heterocycles. The van der Waals surface area contributed by atoms with Gasteiger partial charge in [-0.2, -0.15) is 0 Å². The number of nitrogens with zero attached hydrogens (tertiary/aromatic N) is 1. The third kappa shape index (κ3) is 2.13. The van der Waals surface area contributed by atoms with Crippen molar-refractivity contribution in [1.29, 1.82) is 0 Å². The standard InChI is InChI=1S/C14H25NO2/c16-11-12-3-8-15(9-4-12)13-5-10-17-14(13)6-1-2-7-14/h12-13,16H,1-11H2. The van der Waals surface area contributed by atoms with Crippen molar-refractivity contribution in [3.63, 3.8) is 0 Å². The molecule has 0 aromatic rings. The van der Waals surface area contributed by atoms with E-state index in [1.807, 2.05) is 0 Å². The largest absolute Gasteiger partial charge is 0.396 e. The molecule has 3 fully saturated rings. The minimum absolute atomic E-state index is 0.214. The van der Waals surface area contributed by atoms with Crippen LogP contribution in [0.4, 0.5) is 0 Å². The van der Waals surface area contributed by atoms with Gasteiger partial charge in [0.2, 0.25) is 0 Å². The Bertz CT molecular complexity index is 249. The van der Waals surface area contributed by atoms with E-state index in [0.717, 1.165) is 6.61 Å². The second-order valence-corrected chi connectivity index (χ2v) is 6.09. The van der Waals surface area contributed by atoms with Gasteiger partial charge in [-0.05, 0) is 51.1 Å². The summed E-state index contributed by atoms with van der Waals surface area (Å²) in [5.41, 5.74) is 0.214. The van der Waals surface area contributed by atoms with Crippen LogP contribution in [0.5, 0.6) is 0 Å². The van der Waals surface area contributed by atoms with Gasteiger partial charge in [0.1, 0.15) is 0 Å². The van der Waals surface area contributed by atoms with Crippen molar-refractivity contribution in [3.05, 3.63) is 0 Å². The molecule has 2 heterocycles. The van der Waals surface area contributed by atoms with Gasteiger partial charge in [-0.3, -0.25) is 4.90 Å². The molecule has 0 amide bonds. The fourth-order valence-electron chi connectivity index (χ4n) is 4.15. The molecule has 1 N–H and O–H groups in total. The number of ether oxygens (including phenoxy) is 1. The second-order valence-electron chi connectivity index (χ2n) is 6.09. The molecule has 3 heteroatoms. The topological polar surface area (TPSA) is 32.7 Å². The first-order valence-corrected chi connectivity index (χ1v) is 7.33. The summed E-state index contributed by atoms with van der Waals surface area (Å²) in [6, 6.07) is 0.671. The first-order chi connectivity index (χ1) is 8.34. The van der Waals surface area contributed by atoms with Crippen molar-refractivity contribution in [1.82, 2.24) is 4.90 Å². The summed E-state index contributed by atoms with van der Waals surface area (Å²) in [6.45, 7) is 3.67. The van der Waals surface area contributed by atoms with Gasteiger partial charge >= 0.3 is 0 Å². The quantitative estimate of drug-likeness (QED) is 0.797. The predicted molar refractivity (Wildman–Crippen MR) is 66.9 cm³/mol. The van der Waals surface area contributed by atoms with Crippen molar-refractivity contribution in [2.45, 2.75) is 56.6 Å². The smallest absolute Gasteiger partial charge is 0.0837 e. The van der Waals surface area contributed by atoms with Crippen LogP contribution < -0.4 is 0 Å². The number of hydrogen-bond donors (Lipinski definition) is 1. The third-order valence-corrected chi connectivity index (χ3v) is 5.19. The molecule has 1 atom stereocenters. The Labute approximate surface area is 104 Å². The Morgan fingerprint density at radius 1 is 1.12 bits per heavy atom. The van der Waals surface area contributed by atoms with Gasteiger partial charge in [-0.1, -0.05) is 12.8 Å². The summed E-state index contributed by atoms with van der Waals surface area (Å²) >= 11 is 0. The molecule has 0 aromatic carbocycles. The van der Waals surface area contributed by atoms with Crippen LogP contribution >= 0.6 is 0 Å². The van der Waals surface area contributed by atoms with E-state index in [-0.39, 0.29) is 5.60 Å². The Balaban J connectivity index is 1.64. The molecule has 1 saturated carbocycles. The second kappa shape index (κ2) is 4.87. The SMILES string of the molecule is OCC1CCN(C2CCOC23CCCC3)CC1. The molecule has 0 bridgehead atoms. The molecule has 17 heavy (non-hydrogen) atoms. The number of rotatable bonds is 2. The van der Waals surface area contributed by atoms with Gasteiger partial charge in [0, 0.05) is 19.3 Å². The molecular formula is C14H25NO2. The maximum absolute atomic E-state index is 9.20. The van der Waals surface area contributed by atoms with Gasteiger partial charge in [0.25, 0.3) is 0 Å². The predicted octanol–water partition coefficient (Wildman–Crippen LogP) is 1.79. The number of hydrogen-bond acceptors (Lipinski definition) is 3. The molecule has 3 aliphatic rings. The van der Waals surface area contributed by atoms with Crippen LogP contribution in [0.3, 0.4) is 0 Å². The van der Waals surface area contributed by atoms with E-state index in [2.05, 4.69) is 4.90 Å². The van der Waals surface area contributed by atoms with E-state index in [1.54, 1.807) is 0 Å². The van der Waals surface area contributed by atoms with E-state index in [0.29, 0.717) is 18.6 Å². The average Bonchev–Trinajstić information content (AvgIpc) is 3.01. The average molecular weight is 239 g/mol. The zero-order valence-corrected chi connectivity index (χ0v) is 10.7. The summed E-state index contributed by atoms with van der Waals surface area (Å²) in [6.07, 6.45) is 8.82. The molecular weight excluding hydrogens is 214 g/mol. The van der Waals surface area contributed by atoms with Crippen molar-refractivity contribution < 1.29 is 9.84 Å². The van der Waals surface area contributed by atoms with E-state index < -0.39 is 0 Å². The summed E-state index contributed by atoms with van der Waals surface area (Å²) < 4.78 is 6.13. The molecule has 1 unspecified atom stereocenters. The molecule has 98 valence electrons. The fourth-order valence-corrected chi connectivity index (χ4v) is 4.15. The summed E-state index contributed by atoms with van der Waals surface area (Å²) in [5.74, 6) is 0.549. The van der Waals surface area contributed by atoms with E-state index in [1.165, 1.54) is 58.0 Å². The van der Waals surface area contributed by atoms with Crippen molar-refractivity contribution in [2.24, 2.45) is 5.92 Å².